The minimum Gasteiger partial charge on any atom is -0.444 e. The van der Waals surface area contributed by atoms with Crippen LogP contribution in [0, 0.1) is 13.8 Å². The zero-order valence-corrected chi connectivity index (χ0v) is 26.9. The molecule has 1 saturated carbocycles. The summed E-state index contributed by atoms with van der Waals surface area (Å²) in [7, 11) is 0. The quantitative estimate of drug-likeness (QED) is 0.320. The highest BCUT2D eigenvalue weighted by Crippen LogP contribution is 2.34. The summed E-state index contributed by atoms with van der Waals surface area (Å²) in [6.07, 6.45) is 5.43. The number of carbonyl (C=O) groups excluding carboxylic acids is 3. The molecule has 0 bridgehead atoms. The lowest BCUT2D eigenvalue weighted by Gasteiger charge is -2.45. The molecular weight excluding hydrogens is 526 g/mol. The number of nitrogens with zero attached hydrogens (tertiary/aromatic N) is 1. The monoisotopic (exact) mass is 577 g/mol. The van der Waals surface area contributed by atoms with Crippen LogP contribution in [0.5, 0.6) is 0 Å². The first-order valence-electron chi connectivity index (χ1n) is 15.5. The van der Waals surface area contributed by atoms with Crippen LogP contribution in [0.3, 0.4) is 0 Å². The third kappa shape index (κ3) is 9.07. The van der Waals surface area contributed by atoms with Crippen molar-refractivity contribution in [2.24, 2.45) is 0 Å². The van der Waals surface area contributed by atoms with Gasteiger partial charge in [-0.25, -0.2) is 4.79 Å². The summed E-state index contributed by atoms with van der Waals surface area (Å²) in [6.45, 7) is 15.4. The number of benzene rings is 2. The van der Waals surface area contributed by atoms with Crippen LogP contribution in [0.2, 0.25) is 0 Å². The molecule has 2 aromatic rings. The molecule has 0 spiro atoms. The van der Waals surface area contributed by atoms with E-state index in [0.717, 1.165) is 47.9 Å². The fourth-order valence-electron chi connectivity index (χ4n) is 5.49. The number of nitrogens with one attached hydrogen (secondary N) is 2. The van der Waals surface area contributed by atoms with Gasteiger partial charge in [0.05, 0.1) is 0 Å². The van der Waals surface area contributed by atoms with Gasteiger partial charge >= 0.3 is 6.09 Å². The molecule has 1 aliphatic carbocycles. The van der Waals surface area contributed by atoms with Gasteiger partial charge in [-0.3, -0.25) is 9.59 Å². The van der Waals surface area contributed by atoms with Crippen LogP contribution >= 0.6 is 0 Å². The first kappa shape index (κ1) is 33.2. The lowest BCUT2D eigenvalue weighted by atomic mass is 9.89. The van der Waals surface area contributed by atoms with Gasteiger partial charge in [-0.1, -0.05) is 74.7 Å². The summed E-state index contributed by atoms with van der Waals surface area (Å²) in [6, 6.07) is 13.9. The molecule has 42 heavy (non-hydrogen) atoms. The third-order valence-electron chi connectivity index (χ3n) is 8.33. The Hall–Kier alpha value is -3.35. The van der Waals surface area contributed by atoms with Gasteiger partial charge in [0, 0.05) is 18.0 Å². The van der Waals surface area contributed by atoms with Crippen LogP contribution in [-0.4, -0.2) is 46.0 Å². The Kier molecular flexibility index (Phi) is 11.2. The van der Waals surface area contributed by atoms with E-state index in [2.05, 4.69) is 10.6 Å². The van der Waals surface area contributed by atoms with Crippen molar-refractivity contribution < 1.29 is 19.1 Å². The Labute approximate surface area is 252 Å². The summed E-state index contributed by atoms with van der Waals surface area (Å²) in [5.74, 6) is -0.505. The number of ether oxygens (including phenoxy) is 1. The second kappa shape index (κ2) is 14.2. The van der Waals surface area contributed by atoms with Crippen molar-refractivity contribution in [3.8, 4) is 0 Å². The van der Waals surface area contributed by atoms with Gasteiger partial charge in [0.1, 0.15) is 17.7 Å². The van der Waals surface area contributed by atoms with E-state index in [1.165, 1.54) is 6.42 Å². The van der Waals surface area contributed by atoms with Gasteiger partial charge in [-0.15, -0.1) is 0 Å². The lowest BCUT2D eigenvalue weighted by molar-refractivity contribution is -0.149. The van der Waals surface area contributed by atoms with Gasteiger partial charge in [0.15, 0.2) is 0 Å². The largest absolute Gasteiger partial charge is 0.444 e. The molecule has 230 valence electrons. The first-order valence-corrected chi connectivity index (χ1v) is 15.5. The van der Waals surface area contributed by atoms with Crippen molar-refractivity contribution >= 4 is 17.9 Å². The van der Waals surface area contributed by atoms with Gasteiger partial charge in [-0.05, 0) is 90.0 Å². The molecule has 2 unspecified atom stereocenters. The molecule has 0 radical (unpaired) electrons. The predicted octanol–water partition coefficient (Wildman–Crippen LogP) is 6.95. The van der Waals surface area contributed by atoms with E-state index in [1.54, 1.807) is 25.7 Å². The fourth-order valence-corrected chi connectivity index (χ4v) is 5.49. The minimum atomic E-state index is -0.940. The first-order chi connectivity index (χ1) is 19.7. The van der Waals surface area contributed by atoms with Crippen LogP contribution in [0.25, 0.3) is 0 Å². The van der Waals surface area contributed by atoms with E-state index in [0.29, 0.717) is 6.42 Å². The van der Waals surface area contributed by atoms with Crippen molar-refractivity contribution in [3.63, 3.8) is 0 Å². The summed E-state index contributed by atoms with van der Waals surface area (Å²) in [5.41, 5.74) is 2.40. The molecule has 2 atom stereocenters. The van der Waals surface area contributed by atoms with E-state index in [1.807, 2.05) is 83.1 Å². The average molecular weight is 578 g/mol. The lowest BCUT2D eigenvalue weighted by Crippen LogP contribution is -2.60. The molecule has 0 saturated heterocycles. The van der Waals surface area contributed by atoms with Gasteiger partial charge in [0.2, 0.25) is 11.8 Å². The molecule has 1 aliphatic rings. The standard InChI is InChI=1S/C35H51N3O4/c1-9-35(7,8)38(32(40)29(23-26-16-12-10-13-17-26)37-33(41)42-34(4,5)6)30(27-21-20-24(2)25(3)22-27)31(39)36-28-18-14-11-15-19-28/h10,12-13,16-17,20-22,28-30H,9,11,14-15,18-19,23H2,1-8H3,(H,36,39)(H,37,41). The number of hydrogen-bond donors (Lipinski definition) is 2. The molecule has 0 heterocycles. The Bertz CT molecular complexity index is 1210. The molecule has 7 heteroatoms. The molecule has 2 N–H and O–H groups in total. The smallest absolute Gasteiger partial charge is 0.408 e. The van der Waals surface area contributed by atoms with Crippen LogP contribution in [-0.2, 0) is 20.7 Å². The Morgan fingerprint density at radius 3 is 2.14 bits per heavy atom. The number of carbonyl (C=O) groups is 3. The highest BCUT2D eigenvalue weighted by Gasteiger charge is 2.43. The van der Waals surface area contributed by atoms with Crippen LogP contribution in [0.1, 0.15) is 108 Å². The number of amides is 3. The summed E-state index contributed by atoms with van der Waals surface area (Å²) in [4.78, 5) is 43.8. The van der Waals surface area contributed by atoms with Gasteiger partial charge < -0.3 is 20.3 Å². The van der Waals surface area contributed by atoms with Crippen LogP contribution in [0.4, 0.5) is 4.79 Å². The summed E-state index contributed by atoms with van der Waals surface area (Å²) >= 11 is 0. The van der Waals surface area contributed by atoms with E-state index in [-0.39, 0.29) is 24.3 Å². The molecule has 0 aliphatic heterocycles. The Morgan fingerprint density at radius 1 is 0.929 bits per heavy atom. The van der Waals surface area contributed by atoms with Gasteiger partial charge in [0.25, 0.3) is 0 Å². The van der Waals surface area contributed by atoms with Crippen molar-refractivity contribution in [1.82, 2.24) is 15.5 Å². The van der Waals surface area contributed by atoms with E-state index in [9.17, 15) is 14.4 Å². The molecule has 2 aromatic carbocycles. The van der Waals surface area contributed by atoms with Gasteiger partial charge in [-0.2, -0.15) is 0 Å². The minimum absolute atomic E-state index is 0.0852. The maximum Gasteiger partial charge on any atom is 0.408 e. The Morgan fingerprint density at radius 2 is 1.57 bits per heavy atom. The van der Waals surface area contributed by atoms with Crippen LogP contribution < -0.4 is 10.6 Å². The molecule has 0 aromatic heterocycles. The normalized spacial score (nSPS) is 15.8. The predicted molar refractivity (Wildman–Crippen MR) is 168 cm³/mol. The highest BCUT2D eigenvalue weighted by molar-refractivity contribution is 5.93. The maximum absolute atomic E-state index is 14.8. The topological polar surface area (TPSA) is 87.7 Å². The molecular formula is C35H51N3O4. The Balaban J connectivity index is 2.11. The molecule has 1 fully saturated rings. The zero-order valence-electron chi connectivity index (χ0n) is 26.9. The number of aryl methyl sites for hydroxylation is 2. The molecule has 7 nitrogen and oxygen atoms in total. The second-order valence-electron chi connectivity index (χ2n) is 13.4. The third-order valence-corrected chi connectivity index (χ3v) is 8.33. The summed E-state index contributed by atoms with van der Waals surface area (Å²) < 4.78 is 5.57. The average Bonchev–Trinajstić information content (AvgIpc) is 2.92. The SMILES string of the molecule is CCC(C)(C)N(C(=O)C(Cc1ccccc1)NC(=O)OC(C)(C)C)C(C(=O)NC1CCCCC1)c1ccc(C)c(C)c1. The van der Waals surface area contributed by atoms with E-state index in [4.69, 9.17) is 4.74 Å². The van der Waals surface area contributed by atoms with Crippen molar-refractivity contribution in [3.05, 3.63) is 70.8 Å². The number of rotatable bonds is 10. The number of hydrogen-bond acceptors (Lipinski definition) is 4. The summed E-state index contributed by atoms with van der Waals surface area (Å²) in [5, 5.41) is 6.16. The van der Waals surface area contributed by atoms with Crippen molar-refractivity contribution in [1.29, 1.82) is 0 Å². The fraction of sp³-hybridized carbons (Fsp3) is 0.571. The van der Waals surface area contributed by atoms with Crippen molar-refractivity contribution in [2.45, 2.75) is 130 Å². The van der Waals surface area contributed by atoms with Crippen molar-refractivity contribution in [2.75, 3.05) is 0 Å². The van der Waals surface area contributed by atoms with Crippen LogP contribution in [0.15, 0.2) is 48.5 Å². The van der Waals surface area contributed by atoms with E-state index >= 15 is 0 Å². The highest BCUT2D eigenvalue weighted by atomic mass is 16.6. The molecule has 3 rings (SSSR count). The number of alkyl carbamates (subject to hydrolysis) is 1. The second-order valence-corrected chi connectivity index (χ2v) is 13.4. The van der Waals surface area contributed by atoms with E-state index < -0.39 is 29.3 Å². The zero-order chi connectivity index (χ0) is 31.1. The maximum atomic E-state index is 14.8. The molecule has 3 amide bonds.